The average molecular weight is 246 g/mol. The summed E-state index contributed by atoms with van der Waals surface area (Å²) in [6.45, 7) is 1.69. The first-order valence-electron chi connectivity index (χ1n) is 6.34. The Balaban J connectivity index is 2.08. The standard InChI is InChI=1S/C14H18N2O2/c1-15-13(17)11-5-7-12(8-6-11)14(18)16-9-3-2-4-10-16/h5-8H,2-4,9-10H2,1H3,(H,15,17). The highest BCUT2D eigenvalue weighted by atomic mass is 16.2. The van der Waals surface area contributed by atoms with Gasteiger partial charge in [-0.3, -0.25) is 9.59 Å². The summed E-state index contributed by atoms with van der Waals surface area (Å²) in [7, 11) is 1.59. The largest absolute Gasteiger partial charge is 0.355 e. The molecule has 18 heavy (non-hydrogen) atoms. The second kappa shape index (κ2) is 5.67. The van der Waals surface area contributed by atoms with Crippen molar-refractivity contribution in [2.45, 2.75) is 19.3 Å². The van der Waals surface area contributed by atoms with Crippen molar-refractivity contribution in [1.82, 2.24) is 10.2 Å². The van der Waals surface area contributed by atoms with Gasteiger partial charge in [-0.05, 0) is 43.5 Å². The molecule has 0 aromatic heterocycles. The lowest BCUT2D eigenvalue weighted by atomic mass is 10.1. The minimum Gasteiger partial charge on any atom is -0.355 e. The SMILES string of the molecule is CNC(=O)c1ccc(C(=O)N2CCCCC2)cc1. The van der Waals surface area contributed by atoms with Gasteiger partial charge in [0.15, 0.2) is 0 Å². The molecule has 0 spiro atoms. The molecule has 1 aromatic rings. The maximum absolute atomic E-state index is 12.2. The quantitative estimate of drug-likeness (QED) is 0.863. The molecule has 1 aliphatic rings. The molecule has 1 aliphatic heterocycles. The molecule has 0 unspecified atom stereocenters. The first kappa shape index (κ1) is 12.6. The van der Waals surface area contributed by atoms with Crippen LogP contribution in [0.4, 0.5) is 0 Å². The highest BCUT2D eigenvalue weighted by molar-refractivity contribution is 5.97. The molecule has 0 atom stereocenters. The molecular formula is C14H18N2O2. The van der Waals surface area contributed by atoms with Gasteiger partial charge in [-0.25, -0.2) is 0 Å². The predicted octanol–water partition coefficient (Wildman–Crippen LogP) is 1.67. The normalized spacial score (nSPS) is 15.3. The fraction of sp³-hybridized carbons (Fsp3) is 0.429. The lowest BCUT2D eigenvalue weighted by Gasteiger charge is -2.26. The molecular weight excluding hydrogens is 228 g/mol. The number of carbonyl (C=O) groups is 2. The number of likely N-dealkylation sites (tertiary alicyclic amines) is 1. The van der Waals surface area contributed by atoms with Gasteiger partial charge in [-0.1, -0.05) is 0 Å². The lowest BCUT2D eigenvalue weighted by molar-refractivity contribution is 0.0724. The summed E-state index contributed by atoms with van der Waals surface area (Å²) in [4.78, 5) is 25.5. The molecule has 1 saturated heterocycles. The summed E-state index contributed by atoms with van der Waals surface area (Å²) < 4.78 is 0. The second-order valence-electron chi connectivity index (χ2n) is 4.51. The van der Waals surface area contributed by atoms with E-state index in [2.05, 4.69) is 5.32 Å². The molecule has 2 amide bonds. The van der Waals surface area contributed by atoms with Gasteiger partial charge in [0.2, 0.25) is 0 Å². The Bertz CT molecular complexity index is 434. The van der Waals surface area contributed by atoms with E-state index in [4.69, 9.17) is 0 Å². The number of amides is 2. The summed E-state index contributed by atoms with van der Waals surface area (Å²) in [6, 6.07) is 6.83. The predicted molar refractivity (Wildman–Crippen MR) is 69.6 cm³/mol. The first-order valence-corrected chi connectivity index (χ1v) is 6.34. The average Bonchev–Trinajstić information content (AvgIpc) is 2.47. The number of benzene rings is 1. The Labute approximate surface area is 107 Å². The van der Waals surface area contributed by atoms with Crippen LogP contribution < -0.4 is 5.32 Å². The van der Waals surface area contributed by atoms with Crippen molar-refractivity contribution in [3.63, 3.8) is 0 Å². The fourth-order valence-corrected chi connectivity index (χ4v) is 2.19. The van der Waals surface area contributed by atoms with Crippen LogP contribution in [-0.2, 0) is 0 Å². The zero-order chi connectivity index (χ0) is 13.0. The van der Waals surface area contributed by atoms with Gasteiger partial charge in [0.25, 0.3) is 11.8 Å². The fourth-order valence-electron chi connectivity index (χ4n) is 2.19. The van der Waals surface area contributed by atoms with Gasteiger partial charge in [0.1, 0.15) is 0 Å². The number of rotatable bonds is 2. The van der Waals surface area contributed by atoms with E-state index in [0.29, 0.717) is 11.1 Å². The molecule has 4 nitrogen and oxygen atoms in total. The second-order valence-corrected chi connectivity index (χ2v) is 4.51. The van der Waals surface area contributed by atoms with Gasteiger partial charge >= 0.3 is 0 Å². The number of hydrogen-bond donors (Lipinski definition) is 1. The lowest BCUT2D eigenvalue weighted by Crippen LogP contribution is -2.35. The minimum atomic E-state index is -0.132. The Morgan fingerprint density at radius 1 is 1.00 bits per heavy atom. The van der Waals surface area contributed by atoms with Gasteiger partial charge < -0.3 is 10.2 Å². The zero-order valence-corrected chi connectivity index (χ0v) is 10.6. The van der Waals surface area contributed by atoms with E-state index in [1.807, 2.05) is 4.90 Å². The maximum Gasteiger partial charge on any atom is 0.253 e. The van der Waals surface area contributed by atoms with Crippen molar-refractivity contribution in [2.24, 2.45) is 0 Å². The number of piperidine rings is 1. The Hall–Kier alpha value is -1.84. The van der Waals surface area contributed by atoms with E-state index in [1.165, 1.54) is 6.42 Å². The molecule has 0 bridgehead atoms. The summed E-state index contributed by atoms with van der Waals surface area (Å²) >= 11 is 0. The van der Waals surface area contributed by atoms with Gasteiger partial charge in [0, 0.05) is 31.3 Å². The van der Waals surface area contributed by atoms with Crippen molar-refractivity contribution in [3.05, 3.63) is 35.4 Å². The molecule has 4 heteroatoms. The van der Waals surface area contributed by atoms with Crippen LogP contribution in [0.1, 0.15) is 40.0 Å². The number of carbonyl (C=O) groups excluding carboxylic acids is 2. The van der Waals surface area contributed by atoms with E-state index < -0.39 is 0 Å². The first-order chi connectivity index (χ1) is 8.72. The van der Waals surface area contributed by atoms with Gasteiger partial charge in [0.05, 0.1) is 0 Å². The van der Waals surface area contributed by atoms with Crippen LogP contribution in [0.3, 0.4) is 0 Å². The van der Waals surface area contributed by atoms with Crippen LogP contribution in [0.15, 0.2) is 24.3 Å². The zero-order valence-electron chi connectivity index (χ0n) is 10.6. The van der Waals surface area contributed by atoms with Crippen molar-refractivity contribution in [3.8, 4) is 0 Å². The van der Waals surface area contributed by atoms with E-state index in [-0.39, 0.29) is 11.8 Å². The van der Waals surface area contributed by atoms with Gasteiger partial charge in [-0.2, -0.15) is 0 Å². The van der Waals surface area contributed by atoms with E-state index in [0.717, 1.165) is 25.9 Å². The molecule has 1 aromatic carbocycles. The Morgan fingerprint density at radius 3 is 2.11 bits per heavy atom. The summed E-state index contributed by atoms with van der Waals surface area (Å²) in [5, 5.41) is 2.56. The highest BCUT2D eigenvalue weighted by Crippen LogP contribution is 2.13. The molecule has 2 rings (SSSR count). The van der Waals surface area contributed by atoms with Crippen LogP contribution in [-0.4, -0.2) is 36.9 Å². The number of nitrogens with one attached hydrogen (secondary N) is 1. The van der Waals surface area contributed by atoms with Crippen LogP contribution in [0.2, 0.25) is 0 Å². The van der Waals surface area contributed by atoms with Crippen LogP contribution in [0.25, 0.3) is 0 Å². The van der Waals surface area contributed by atoms with Crippen molar-refractivity contribution >= 4 is 11.8 Å². The van der Waals surface area contributed by atoms with E-state index in [1.54, 1.807) is 31.3 Å². The topological polar surface area (TPSA) is 49.4 Å². The monoisotopic (exact) mass is 246 g/mol. The van der Waals surface area contributed by atoms with Crippen LogP contribution in [0, 0.1) is 0 Å². The third kappa shape index (κ3) is 2.70. The van der Waals surface area contributed by atoms with E-state index in [9.17, 15) is 9.59 Å². The van der Waals surface area contributed by atoms with Crippen molar-refractivity contribution in [1.29, 1.82) is 0 Å². The molecule has 0 aliphatic carbocycles. The Kier molecular flexibility index (Phi) is 3.97. The van der Waals surface area contributed by atoms with Gasteiger partial charge in [-0.15, -0.1) is 0 Å². The van der Waals surface area contributed by atoms with Crippen molar-refractivity contribution in [2.75, 3.05) is 20.1 Å². The summed E-state index contributed by atoms with van der Waals surface area (Å²) in [5.74, 6) is -0.0647. The maximum atomic E-state index is 12.2. The molecule has 96 valence electrons. The minimum absolute atomic E-state index is 0.0677. The summed E-state index contributed by atoms with van der Waals surface area (Å²) in [6.07, 6.45) is 3.38. The highest BCUT2D eigenvalue weighted by Gasteiger charge is 2.18. The third-order valence-electron chi connectivity index (χ3n) is 3.26. The number of nitrogens with zero attached hydrogens (tertiary/aromatic N) is 1. The van der Waals surface area contributed by atoms with E-state index >= 15 is 0 Å². The molecule has 0 saturated carbocycles. The molecule has 1 N–H and O–H groups in total. The Morgan fingerprint density at radius 2 is 1.56 bits per heavy atom. The smallest absolute Gasteiger partial charge is 0.253 e. The third-order valence-corrected chi connectivity index (χ3v) is 3.26. The molecule has 1 fully saturated rings. The summed E-state index contributed by atoms with van der Waals surface area (Å²) in [5.41, 5.74) is 1.23. The molecule has 1 heterocycles. The molecule has 0 radical (unpaired) electrons. The van der Waals surface area contributed by atoms with Crippen LogP contribution in [0.5, 0.6) is 0 Å². The van der Waals surface area contributed by atoms with Crippen LogP contribution >= 0.6 is 0 Å². The van der Waals surface area contributed by atoms with Crippen molar-refractivity contribution < 1.29 is 9.59 Å². The number of hydrogen-bond acceptors (Lipinski definition) is 2.